The Balaban J connectivity index is 1.57. The van der Waals surface area contributed by atoms with Gasteiger partial charge in [0.05, 0.1) is 18.3 Å². The number of para-hydroxylation sites is 1. The van der Waals surface area contributed by atoms with E-state index in [-0.39, 0.29) is 18.7 Å². The lowest BCUT2D eigenvalue weighted by Gasteiger charge is -2.31. The van der Waals surface area contributed by atoms with Gasteiger partial charge in [-0.25, -0.2) is 9.07 Å². The molecule has 0 saturated heterocycles. The molecule has 0 saturated carbocycles. The summed E-state index contributed by atoms with van der Waals surface area (Å²) < 4.78 is 21.9. The molecule has 2 heterocycles. The molecule has 5 rings (SSSR count). The van der Waals surface area contributed by atoms with Gasteiger partial charge >= 0.3 is 0 Å². The van der Waals surface area contributed by atoms with Crippen LogP contribution in [0.15, 0.2) is 95.6 Å². The number of fused-ring (bicyclic) bond motifs is 1. The van der Waals surface area contributed by atoms with Crippen molar-refractivity contribution in [3.8, 4) is 0 Å². The van der Waals surface area contributed by atoms with Gasteiger partial charge in [-0.2, -0.15) is 0 Å². The number of hydrogen-bond acceptors (Lipinski definition) is 5. The fraction of sp³-hybridized carbons (Fsp3) is 0.143. The number of hydrogen-bond donors (Lipinski definition) is 1. The quantitative estimate of drug-likeness (QED) is 0.339. The predicted octanol–water partition coefficient (Wildman–Crippen LogP) is 4.56. The summed E-state index contributed by atoms with van der Waals surface area (Å²) in [5, 5.41) is 11.0. The van der Waals surface area contributed by atoms with Crippen molar-refractivity contribution in [2.24, 2.45) is 0 Å². The lowest BCUT2D eigenvalue weighted by molar-refractivity contribution is -0.127. The van der Waals surface area contributed by atoms with Crippen LogP contribution in [0.3, 0.4) is 0 Å². The summed E-state index contributed by atoms with van der Waals surface area (Å²) in [4.78, 5) is 28.9. The van der Waals surface area contributed by atoms with Gasteiger partial charge in [-0.1, -0.05) is 53.2 Å². The minimum atomic E-state index is -1.29. The number of carbonyl (C=O) groups is 2. The number of aryl methyl sites for hydroxylation is 1. The molecular weight excluding hydrogens is 473 g/mol. The van der Waals surface area contributed by atoms with Crippen LogP contribution < -0.4 is 10.2 Å². The molecule has 186 valence electrons. The van der Waals surface area contributed by atoms with E-state index in [4.69, 9.17) is 4.42 Å². The Morgan fingerprint density at radius 1 is 1.00 bits per heavy atom. The van der Waals surface area contributed by atoms with E-state index in [0.29, 0.717) is 22.5 Å². The molecule has 2 aromatic heterocycles. The van der Waals surface area contributed by atoms with Crippen molar-refractivity contribution in [2.75, 3.05) is 4.90 Å². The number of halogens is 1. The number of nitrogens with zero attached hydrogens (tertiary/aromatic N) is 4. The maximum atomic E-state index is 15.1. The molecule has 0 unspecified atom stereocenters. The van der Waals surface area contributed by atoms with Crippen LogP contribution in [0.5, 0.6) is 0 Å². The van der Waals surface area contributed by atoms with Gasteiger partial charge in [-0.3, -0.25) is 14.5 Å². The summed E-state index contributed by atoms with van der Waals surface area (Å²) in [5.74, 6) is -1.08. The first-order valence-corrected chi connectivity index (χ1v) is 11.7. The third-order valence-electron chi connectivity index (χ3n) is 6.01. The molecule has 1 atom stereocenters. The lowest BCUT2D eigenvalue weighted by Crippen LogP contribution is -2.45. The highest BCUT2D eigenvalue weighted by Crippen LogP contribution is 2.30. The van der Waals surface area contributed by atoms with Gasteiger partial charge in [0.25, 0.3) is 0 Å². The summed E-state index contributed by atoms with van der Waals surface area (Å²) in [6.07, 6.45) is 1.50. The molecule has 37 heavy (non-hydrogen) atoms. The number of anilines is 1. The average molecular weight is 498 g/mol. The van der Waals surface area contributed by atoms with E-state index in [9.17, 15) is 9.59 Å². The average Bonchev–Trinajstić information content (AvgIpc) is 3.58. The van der Waals surface area contributed by atoms with Crippen molar-refractivity contribution < 1.29 is 18.4 Å². The van der Waals surface area contributed by atoms with Gasteiger partial charge in [-0.05, 0) is 49.4 Å². The molecule has 1 N–H and O–H groups in total. The summed E-state index contributed by atoms with van der Waals surface area (Å²) in [6, 6.07) is 22.5. The van der Waals surface area contributed by atoms with Crippen LogP contribution in [0.25, 0.3) is 11.0 Å². The zero-order valence-electron chi connectivity index (χ0n) is 20.0. The summed E-state index contributed by atoms with van der Waals surface area (Å²) in [5.41, 5.74) is 2.80. The van der Waals surface area contributed by atoms with Crippen molar-refractivity contribution in [1.82, 2.24) is 20.3 Å². The monoisotopic (exact) mass is 497 g/mol. The largest absolute Gasteiger partial charge is 0.467 e. The molecule has 0 spiro atoms. The van der Waals surface area contributed by atoms with Crippen LogP contribution >= 0.6 is 0 Å². The first kappa shape index (κ1) is 23.9. The number of carbonyl (C=O) groups excluding carboxylic acids is 2. The van der Waals surface area contributed by atoms with Gasteiger partial charge in [-0.15, -0.1) is 5.10 Å². The Labute approximate surface area is 212 Å². The Kier molecular flexibility index (Phi) is 6.76. The van der Waals surface area contributed by atoms with Crippen molar-refractivity contribution in [2.45, 2.75) is 26.1 Å². The second-order valence-electron chi connectivity index (χ2n) is 8.56. The highest BCUT2D eigenvalue weighted by molar-refractivity contribution is 6.01. The summed E-state index contributed by atoms with van der Waals surface area (Å²) in [7, 11) is 0. The fourth-order valence-electron chi connectivity index (χ4n) is 4.16. The number of furan rings is 1. The molecular formula is C28H24FN5O3. The van der Waals surface area contributed by atoms with Crippen LogP contribution in [0.4, 0.5) is 10.1 Å². The van der Waals surface area contributed by atoms with Gasteiger partial charge < -0.3 is 9.73 Å². The molecule has 2 amide bonds. The van der Waals surface area contributed by atoms with Crippen molar-refractivity contribution >= 4 is 28.5 Å². The molecule has 5 aromatic rings. The van der Waals surface area contributed by atoms with Crippen LogP contribution in [0.2, 0.25) is 0 Å². The molecule has 0 aliphatic heterocycles. The van der Waals surface area contributed by atoms with Crippen LogP contribution in [-0.4, -0.2) is 26.8 Å². The molecule has 0 radical (unpaired) electrons. The SMILES string of the molecule is Cc1ccc(N(C(=O)Cn2nnc3ccccc32)[C@H](C(=O)NCc2ccco2)c2ccccc2F)cc1. The summed E-state index contributed by atoms with van der Waals surface area (Å²) in [6.45, 7) is 1.80. The van der Waals surface area contributed by atoms with Crippen molar-refractivity contribution in [1.29, 1.82) is 0 Å². The minimum absolute atomic E-state index is 0.0665. The van der Waals surface area contributed by atoms with Crippen LogP contribution in [-0.2, 0) is 22.7 Å². The van der Waals surface area contributed by atoms with E-state index in [1.165, 1.54) is 34.0 Å². The highest BCUT2D eigenvalue weighted by Gasteiger charge is 2.35. The third-order valence-corrected chi connectivity index (χ3v) is 6.01. The van der Waals surface area contributed by atoms with Gasteiger partial charge in [0.15, 0.2) is 0 Å². The minimum Gasteiger partial charge on any atom is -0.467 e. The first-order chi connectivity index (χ1) is 18.0. The first-order valence-electron chi connectivity index (χ1n) is 11.7. The Morgan fingerprint density at radius 2 is 1.76 bits per heavy atom. The van der Waals surface area contributed by atoms with Crippen LogP contribution in [0, 0.1) is 12.7 Å². The Hall–Kier alpha value is -4.79. The second-order valence-corrected chi connectivity index (χ2v) is 8.56. The number of rotatable bonds is 8. The molecule has 8 nitrogen and oxygen atoms in total. The topological polar surface area (TPSA) is 93.3 Å². The van der Waals surface area contributed by atoms with E-state index in [0.717, 1.165) is 5.56 Å². The van der Waals surface area contributed by atoms with Gasteiger partial charge in [0.2, 0.25) is 11.8 Å². The van der Waals surface area contributed by atoms with Gasteiger partial charge in [0.1, 0.15) is 29.7 Å². The van der Waals surface area contributed by atoms with E-state index in [1.807, 2.05) is 37.3 Å². The summed E-state index contributed by atoms with van der Waals surface area (Å²) >= 11 is 0. The highest BCUT2D eigenvalue weighted by atomic mass is 19.1. The van der Waals surface area contributed by atoms with Gasteiger partial charge in [0, 0.05) is 11.3 Å². The zero-order valence-corrected chi connectivity index (χ0v) is 20.0. The number of benzene rings is 3. The lowest BCUT2D eigenvalue weighted by atomic mass is 10.0. The maximum absolute atomic E-state index is 15.1. The predicted molar refractivity (Wildman–Crippen MR) is 136 cm³/mol. The molecule has 3 aromatic carbocycles. The molecule has 0 aliphatic rings. The third kappa shape index (κ3) is 5.11. The number of amides is 2. The zero-order chi connectivity index (χ0) is 25.8. The Morgan fingerprint density at radius 3 is 2.51 bits per heavy atom. The standard InChI is InChI=1S/C28H24FN5O3/c1-19-12-14-20(15-13-19)34(26(35)18-33-25-11-5-4-10-24(25)31-32-33)27(22-8-2-3-9-23(22)29)28(36)30-17-21-7-6-16-37-21/h2-16,27H,17-18H2,1H3,(H,30,36)/t27-/m0/s1. The smallest absolute Gasteiger partial charge is 0.249 e. The number of aromatic nitrogens is 3. The fourth-order valence-corrected chi connectivity index (χ4v) is 4.16. The normalized spacial score (nSPS) is 11.8. The second kappa shape index (κ2) is 10.4. The Bertz CT molecular complexity index is 1530. The molecule has 0 fully saturated rings. The molecule has 0 aliphatic carbocycles. The van der Waals surface area contributed by atoms with E-state index >= 15 is 4.39 Å². The van der Waals surface area contributed by atoms with E-state index in [2.05, 4.69) is 15.6 Å². The van der Waals surface area contributed by atoms with E-state index < -0.39 is 23.7 Å². The molecule has 9 heteroatoms. The van der Waals surface area contributed by atoms with Crippen molar-refractivity contribution in [3.63, 3.8) is 0 Å². The van der Waals surface area contributed by atoms with E-state index in [1.54, 1.807) is 36.4 Å². The van der Waals surface area contributed by atoms with Crippen molar-refractivity contribution in [3.05, 3.63) is 114 Å². The maximum Gasteiger partial charge on any atom is 0.249 e. The molecule has 0 bridgehead atoms. The number of nitrogens with one attached hydrogen (secondary N) is 1. The van der Waals surface area contributed by atoms with Crippen LogP contribution in [0.1, 0.15) is 22.9 Å².